The highest BCUT2D eigenvalue weighted by Crippen LogP contribution is 2.16. The summed E-state index contributed by atoms with van der Waals surface area (Å²) in [5.74, 6) is 1.26. The van der Waals surface area contributed by atoms with Crippen LogP contribution in [0.4, 0.5) is 0 Å². The van der Waals surface area contributed by atoms with E-state index in [0.29, 0.717) is 29.0 Å². The molecule has 7 heteroatoms. The van der Waals surface area contributed by atoms with Gasteiger partial charge in [-0.2, -0.15) is 5.10 Å². The van der Waals surface area contributed by atoms with Crippen LogP contribution in [0.5, 0.6) is 5.75 Å². The van der Waals surface area contributed by atoms with Gasteiger partial charge in [-0.3, -0.25) is 9.89 Å². The Kier molecular flexibility index (Phi) is 4.95. The van der Waals surface area contributed by atoms with Crippen molar-refractivity contribution in [3.05, 3.63) is 40.9 Å². The molecule has 0 saturated heterocycles. The highest BCUT2D eigenvalue weighted by atomic mass is 35.5. The normalized spacial score (nSPS) is 10.3. The predicted molar refractivity (Wildman–Crippen MR) is 72.5 cm³/mol. The lowest BCUT2D eigenvalue weighted by molar-refractivity contribution is -0.142. The molecule has 1 N–H and O–H groups in total. The molecule has 0 radical (unpaired) electrons. The third kappa shape index (κ3) is 4.24. The van der Waals surface area contributed by atoms with Crippen LogP contribution >= 0.6 is 11.6 Å². The largest absolute Gasteiger partial charge is 0.486 e. The first-order valence-electron chi connectivity index (χ1n) is 6.11. The highest BCUT2D eigenvalue weighted by molar-refractivity contribution is 6.30. The number of carbonyl (C=O) groups is 1. The fourth-order valence-electron chi connectivity index (χ4n) is 1.50. The first-order valence-corrected chi connectivity index (χ1v) is 6.49. The molecule has 6 nitrogen and oxygen atoms in total. The van der Waals surface area contributed by atoms with Crippen molar-refractivity contribution in [2.75, 3.05) is 6.61 Å². The Morgan fingerprint density at radius 1 is 1.35 bits per heavy atom. The van der Waals surface area contributed by atoms with Crippen molar-refractivity contribution in [3.8, 4) is 5.75 Å². The molecule has 1 aromatic carbocycles. The lowest BCUT2D eigenvalue weighted by atomic mass is 10.3. The number of carbonyl (C=O) groups excluding carboxylic acids is 1. The monoisotopic (exact) mass is 295 g/mol. The number of hydrogen-bond acceptors (Lipinski definition) is 5. The number of nitrogens with one attached hydrogen (secondary N) is 1. The average molecular weight is 296 g/mol. The van der Waals surface area contributed by atoms with E-state index >= 15 is 0 Å². The fourth-order valence-corrected chi connectivity index (χ4v) is 1.63. The number of hydrogen-bond donors (Lipinski definition) is 1. The molecule has 0 saturated carbocycles. The van der Waals surface area contributed by atoms with Crippen LogP contribution in [0.1, 0.15) is 18.6 Å². The molecule has 1 heterocycles. The average Bonchev–Trinajstić information content (AvgIpc) is 2.86. The molecule has 0 atom stereocenters. The third-order valence-electron chi connectivity index (χ3n) is 2.37. The number of nitrogens with zero attached hydrogens (tertiary/aromatic N) is 2. The maximum Gasteiger partial charge on any atom is 0.313 e. The Labute approximate surface area is 121 Å². The summed E-state index contributed by atoms with van der Waals surface area (Å²) in [5, 5.41) is 7.29. The minimum absolute atomic E-state index is 0.0469. The second-order valence-electron chi connectivity index (χ2n) is 3.92. The number of H-pyrrole nitrogens is 1. The summed E-state index contributed by atoms with van der Waals surface area (Å²) in [4.78, 5) is 15.4. The van der Waals surface area contributed by atoms with Crippen molar-refractivity contribution in [1.29, 1.82) is 0 Å². The van der Waals surface area contributed by atoms with E-state index < -0.39 is 0 Å². The number of halogens is 1. The molecule has 0 fully saturated rings. The van der Waals surface area contributed by atoms with Gasteiger partial charge in [-0.1, -0.05) is 11.6 Å². The van der Waals surface area contributed by atoms with Crippen LogP contribution in [0.3, 0.4) is 0 Å². The van der Waals surface area contributed by atoms with Crippen molar-refractivity contribution in [2.45, 2.75) is 20.0 Å². The van der Waals surface area contributed by atoms with Crippen LogP contribution in [0, 0.1) is 0 Å². The van der Waals surface area contributed by atoms with Crippen molar-refractivity contribution in [3.63, 3.8) is 0 Å². The van der Waals surface area contributed by atoms with Gasteiger partial charge in [0.05, 0.1) is 6.61 Å². The first kappa shape index (κ1) is 14.3. The quantitative estimate of drug-likeness (QED) is 0.826. The molecule has 0 unspecified atom stereocenters. The lowest BCUT2D eigenvalue weighted by Gasteiger charge is -2.03. The molecule has 0 bridgehead atoms. The summed E-state index contributed by atoms with van der Waals surface area (Å²) < 4.78 is 10.3. The molecule has 0 aliphatic carbocycles. The van der Waals surface area contributed by atoms with E-state index in [1.807, 2.05) is 0 Å². The first-order chi connectivity index (χ1) is 9.67. The van der Waals surface area contributed by atoms with Gasteiger partial charge in [0.15, 0.2) is 11.6 Å². The van der Waals surface area contributed by atoms with Crippen LogP contribution in [-0.2, 0) is 22.6 Å². The number of aromatic amines is 1. The molecule has 2 aromatic rings. The molecule has 20 heavy (non-hydrogen) atoms. The fraction of sp³-hybridized carbons (Fsp3) is 0.308. The Morgan fingerprint density at radius 2 is 2.10 bits per heavy atom. The maximum atomic E-state index is 11.3. The molecule has 2 rings (SSSR count). The van der Waals surface area contributed by atoms with E-state index in [4.69, 9.17) is 21.1 Å². The molecular weight excluding hydrogens is 282 g/mol. The Balaban J connectivity index is 1.86. The summed E-state index contributed by atoms with van der Waals surface area (Å²) in [6.07, 6.45) is 0.0469. The van der Waals surface area contributed by atoms with Gasteiger partial charge in [-0.05, 0) is 31.2 Å². The van der Waals surface area contributed by atoms with E-state index in [1.54, 1.807) is 31.2 Å². The smallest absolute Gasteiger partial charge is 0.313 e. The van der Waals surface area contributed by atoms with Crippen LogP contribution in [-0.4, -0.2) is 27.8 Å². The van der Waals surface area contributed by atoms with Gasteiger partial charge < -0.3 is 9.47 Å². The van der Waals surface area contributed by atoms with Gasteiger partial charge in [-0.25, -0.2) is 4.98 Å². The maximum absolute atomic E-state index is 11.3. The predicted octanol–water partition coefficient (Wildman–Crippen LogP) is 2.14. The van der Waals surface area contributed by atoms with Gasteiger partial charge in [0, 0.05) is 5.02 Å². The summed E-state index contributed by atoms with van der Waals surface area (Å²) in [5.41, 5.74) is 0. The minimum atomic E-state index is -0.350. The zero-order chi connectivity index (χ0) is 14.4. The molecule has 106 valence electrons. The second-order valence-corrected chi connectivity index (χ2v) is 4.36. The summed E-state index contributed by atoms with van der Waals surface area (Å²) >= 11 is 5.78. The standard InChI is InChI=1S/C13H14ClN3O3/c1-2-19-13(18)7-11-15-12(17-16-11)8-20-10-5-3-9(14)4-6-10/h3-6H,2,7-8H2,1H3,(H,15,16,17). The zero-order valence-electron chi connectivity index (χ0n) is 10.9. The molecule has 0 aliphatic heterocycles. The zero-order valence-corrected chi connectivity index (χ0v) is 11.7. The van der Waals surface area contributed by atoms with Crippen molar-refractivity contribution < 1.29 is 14.3 Å². The summed E-state index contributed by atoms with van der Waals surface area (Å²) in [6, 6.07) is 7.00. The van der Waals surface area contributed by atoms with Gasteiger partial charge in [0.2, 0.25) is 0 Å². The number of ether oxygens (including phenoxy) is 2. The highest BCUT2D eigenvalue weighted by Gasteiger charge is 2.09. The third-order valence-corrected chi connectivity index (χ3v) is 2.63. The van der Waals surface area contributed by atoms with Crippen LogP contribution in [0.15, 0.2) is 24.3 Å². The van der Waals surface area contributed by atoms with Gasteiger partial charge in [-0.15, -0.1) is 0 Å². The Morgan fingerprint density at radius 3 is 2.80 bits per heavy atom. The van der Waals surface area contributed by atoms with Crippen LogP contribution in [0.25, 0.3) is 0 Å². The minimum Gasteiger partial charge on any atom is -0.486 e. The number of esters is 1. The van der Waals surface area contributed by atoms with E-state index in [0.717, 1.165) is 0 Å². The topological polar surface area (TPSA) is 77.1 Å². The number of aromatic nitrogens is 3. The van der Waals surface area contributed by atoms with Crippen molar-refractivity contribution in [2.24, 2.45) is 0 Å². The molecule has 1 aromatic heterocycles. The van der Waals surface area contributed by atoms with E-state index in [9.17, 15) is 4.79 Å². The number of benzene rings is 1. The molecule has 0 amide bonds. The van der Waals surface area contributed by atoms with Crippen LogP contribution < -0.4 is 4.74 Å². The SMILES string of the molecule is CCOC(=O)Cc1n[nH]c(COc2ccc(Cl)cc2)n1. The van der Waals surface area contributed by atoms with E-state index in [2.05, 4.69) is 15.2 Å². The van der Waals surface area contributed by atoms with Crippen molar-refractivity contribution >= 4 is 17.6 Å². The van der Waals surface area contributed by atoms with E-state index in [-0.39, 0.29) is 19.0 Å². The lowest BCUT2D eigenvalue weighted by Crippen LogP contribution is -2.08. The molecule has 0 spiro atoms. The summed E-state index contributed by atoms with van der Waals surface area (Å²) in [6.45, 7) is 2.33. The van der Waals surface area contributed by atoms with E-state index in [1.165, 1.54) is 0 Å². The number of rotatable bonds is 6. The van der Waals surface area contributed by atoms with Gasteiger partial charge >= 0.3 is 5.97 Å². The summed E-state index contributed by atoms with van der Waals surface area (Å²) in [7, 11) is 0. The Bertz CT molecular complexity index is 568. The second kappa shape index (κ2) is 6.91. The van der Waals surface area contributed by atoms with Crippen molar-refractivity contribution in [1.82, 2.24) is 15.2 Å². The van der Waals surface area contributed by atoms with Crippen LogP contribution in [0.2, 0.25) is 5.02 Å². The Hall–Kier alpha value is -2.08. The van der Waals surface area contributed by atoms with Gasteiger partial charge in [0.25, 0.3) is 0 Å². The molecule has 0 aliphatic rings. The molecular formula is C13H14ClN3O3. The van der Waals surface area contributed by atoms with Gasteiger partial charge in [0.1, 0.15) is 18.8 Å².